The van der Waals surface area contributed by atoms with Crippen LogP contribution in [0.15, 0.2) is 47.4 Å². The summed E-state index contributed by atoms with van der Waals surface area (Å²) in [7, 11) is -0.469. The summed E-state index contributed by atoms with van der Waals surface area (Å²) in [5.41, 5.74) is 1.60. The van der Waals surface area contributed by atoms with E-state index >= 15 is 0 Å². The van der Waals surface area contributed by atoms with E-state index < -0.39 is 10.0 Å². The summed E-state index contributed by atoms with van der Waals surface area (Å²) in [5, 5.41) is 0. The van der Waals surface area contributed by atoms with Gasteiger partial charge in [-0.1, -0.05) is 18.2 Å². The molecule has 0 heterocycles. The van der Waals surface area contributed by atoms with Crippen molar-refractivity contribution in [1.82, 2.24) is 4.31 Å². The van der Waals surface area contributed by atoms with Gasteiger partial charge >= 0.3 is 0 Å². The van der Waals surface area contributed by atoms with E-state index in [2.05, 4.69) is 0 Å². The van der Waals surface area contributed by atoms with E-state index in [1.54, 1.807) is 32.4 Å². The van der Waals surface area contributed by atoms with Crippen molar-refractivity contribution < 1.29 is 17.9 Å². The zero-order valence-corrected chi connectivity index (χ0v) is 16.1. The monoisotopic (exact) mass is 363 g/mol. The zero-order chi connectivity index (χ0) is 18.6. The van der Waals surface area contributed by atoms with Gasteiger partial charge in [-0.3, -0.25) is 0 Å². The highest BCUT2D eigenvalue weighted by Crippen LogP contribution is 2.26. The van der Waals surface area contributed by atoms with Crippen LogP contribution in [0.25, 0.3) is 0 Å². The summed E-state index contributed by atoms with van der Waals surface area (Å²) in [6.45, 7) is 5.95. The van der Waals surface area contributed by atoms with Gasteiger partial charge in [0, 0.05) is 19.2 Å². The molecule has 25 heavy (non-hydrogen) atoms. The van der Waals surface area contributed by atoms with Crippen molar-refractivity contribution in [3.63, 3.8) is 0 Å². The lowest BCUT2D eigenvalue weighted by Gasteiger charge is -2.20. The van der Waals surface area contributed by atoms with Crippen LogP contribution in [0.3, 0.4) is 0 Å². The number of hydrogen-bond donors (Lipinski definition) is 0. The SMILES string of the molecule is COc1ccccc1CN(C)S(=O)(=O)c1ccc(OC(C)C)c(C)c1. The smallest absolute Gasteiger partial charge is 0.243 e. The molecular formula is C19H25NO4S. The number of benzene rings is 2. The van der Waals surface area contributed by atoms with Crippen LogP contribution in [0.2, 0.25) is 0 Å². The number of hydrogen-bond acceptors (Lipinski definition) is 4. The van der Waals surface area contributed by atoms with Crippen molar-refractivity contribution in [2.75, 3.05) is 14.2 Å². The zero-order valence-electron chi connectivity index (χ0n) is 15.3. The summed E-state index contributed by atoms with van der Waals surface area (Å²) in [4.78, 5) is 0.249. The van der Waals surface area contributed by atoms with Crippen LogP contribution >= 0.6 is 0 Å². The predicted octanol–water partition coefficient (Wildman–Crippen LogP) is 3.61. The van der Waals surface area contributed by atoms with Crippen LogP contribution in [-0.2, 0) is 16.6 Å². The molecule has 2 aromatic rings. The van der Waals surface area contributed by atoms with Gasteiger partial charge < -0.3 is 9.47 Å². The maximum absolute atomic E-state index is 12.9. The van der Waals surface area contributed by atoms with E-state index in [1.165, 1.54) is 4.31 Å². The Balaban J connectivity index is 2.27. The molecule has 0 N–H and O–H groups in total. The minimum absolute atomic E-state index is 0.0365. The van der Waals surface area contributed by atoms with Gasteiger partial charge in [0.1, 0.15) is 11.5 Å². The maximum atomic E-state index is 12.9. The molecule has 0 unspecified atom stereocenters. The lowest BCUT2D eigenvalue weighted by molar-refractivity contribution is 0.240. The largest absolute Gasteiger partial charge is 0.496 e. The van der Waals surface area contributed by atoms with Crippen molar-refractivity contribution in [1.29, 1.82) is 0 Å². The fourth-order valence-corrected chi connectivity index (χ4v) is 3.74. The summed E-state index contributed by atoms with van der Waals surface area (Å²) in [6, 6.07) is 12.3. The third-order valence-corrected chi connectivity index (χ3v) is 5.60. The van der Waals surface area contributed by atoms with Gasteiger partial charge in [-0.2, -0.15) is 4.31 Å². The molecule has 0 radical (unpaired) electrons. The first-order chi connectivity index (χ1) is 11.8. The second kappa shape index (κ2) is 7.89. The van der Waals surface area contributed by atoms with Crippen LogP contribution in [0.1, 0.15) is 25.0 Å². The van der Waals surface area contributed by atoms with Crippen LogP contribution in [0, 0.1) is 6.92 Å². The van der Waals surface area contributed by atoms with Gasteiger partial charge in [-0.25, -0.2) is 8.42 Å². The van der Waals surface area contributed by atoms with Gasteiger partial charge in [-0.05, 0) is 50.6 Å². The molecule has 0 saturated carbocycles. The highest BCUT2D eigenvalue weighted by molar-refractivity contribution is 7.89. The highest BCUT2D eigenvalue weighted by Gasteiger charge is 2.23. The Kier molecular flexibility index (Phi) is 6.08. The van der Waals surface area contributed by atoms with E-state index in [-0.39, 0.29) is 17.5 Å². The van der Waals surface area contributed by atoms with E-state index in [4.69, 9.17) is 9.47 Å². The third kappa shape index (κ3) is 4.52. The van der Waals surface area contributed by atoms with Crippen molar-refractivity contribution in [3.8, 4) is 11.5 Å². The first-order valence-corrected chi connectivity index (χ1v) is 9.55. The first-order valence-electron chi connectivity index (χ1n) is 8.11. The normalized spacial score (nSPS) is 11.8. The minimum atomic E-state index is -3.61. The molecule has 0 saturated heterocycles. The molecule has 0 aliphatic carbocycles. The third-order valence-electron chi connectivity index (χ3n) is 3.80. The minimum Gasteiger partial charge on any atom is -0.496 e. The van der Waals surface area contributed by atoms with Crippen LogP contribution < -0.4 is 9.47 Å². The second-order valence-corrected chi connectivity index (χ2v) is 8.21. The highest BCUT2D eigenvalue weighted by atomic mass is 32.2. The average molecular weight is 363 g/mol. The first kappa shape index (κ1) is 19.3. The van der Waals surface area contributed by atoms with Gasteiger partial charge in [0.15, 0.2) is 0 Å². The summed E-state index contributed by atoms with van der Waals surface area (Å²) in [6.07, 6.45) is 0.0365. The molecule has 5 nitrogen and oxygen atoms in total. The molecule has 0 amide bonds. The molecule has 0 aliphatic heterocycles. The summed E-state index contributed by atoms with van der Waals surface area (Å²) in [5.74, 6) is 1.36. The van der Waals surface area contributed by atoms with Crippen LogP contribution in [0.5, 0.6) is 11.5 Å². The number of ether oxygens (including phenoxy) is 2. The van der Waals surface area contributed by atoms with Crippen LogP contribution in [-0.4, -0.2) is 33.0 Å². The number of sulfonamides is 1. The molecule has 136 valence electrons. The Bertz CT molecular complexity index is 831. The fraction of sp³-hybridized carbons (Fsp3) is 0.368. The molecule has 2 rings (SSSR count). The van der Waals surface area contributed by atoms with E-state index in [0.29, 0.717) is 11.5 Å². The Labute approximate surface area is 150 Å². The van der Waals surface area contributed by atoms with E-state index in [9.17, 15) is 8.42 Å². The van der Waals surface area contributed by atoms with E-state index in [1.807, 2.05) is 45.0 Å². The molecule has 0 aromatic heterocycles. The predicted molar refractivity (Wildman–Crippen MR) is 98.6 cm³/mol. The average Bonchev–Trinajstić information content (AvgIpc) is 2.56. The molecule has 6 heteroatoms. The Morgan fingerprint density at radius 2 is 1.76 bits per heavy atom. The number of nitrogens with zero attached hydrogens (tertiary/aromatic N) is 1. The molecule has 0 atom stereocenters. The Hall–Kier alpha value is -2.05. The van der Waals surface area contributed by atoms with Crippen molar-refractivity contribution in [2.24, 2.45) is 0 Å². The van der Waals surface area contributed by atoms with Gasteiger partial charge in [0.05, 0.1) is 18.1 Å². The van der Waals surface area contributed by atoms with Gasteiger partial charge in [0.2, 0.25) is 10.0 Å². The standard InChI is InChI=1S/C19H25NO4S/c1-14(2)24-18-11-10-17(12-15(18)3)25(21,22)20(4)13-16-8-6-7-9-19(16)23-5/h6-12,14H,13H2,1-5H3. The number of rotatable bonds is 7. The summed E-state index contributed by atoms with van der Waals surface area (Å²) < 4.78 is 38.0. The Morgan fingerprint density at radius 3 is 2.36 bits per heavy atom. The second-order valence-electron chi connectivity index (χ2n) is 6.17. The number of aryl methyl sites for hydroxylation is 1. The summed E-state index contributed by atoms with van der Waals surface area (Å²) >= 11 is 0. The molecule has 0 spiro atoms. The lowest BCUT2D eigenvalue weighted by Crippen LogP contribution is -2.26. The van der Waals surface area contributed by atoms with Gasteiger partial charge in [-0.15, -0.1) is 0 Å². The quantitative estimate of drug-likeness (QED) is 0.754. The molecular weight excluding hydrogens is 338 g/mol. The topological polar surface area (TPSA) is 55.8 Å². The number of para-hydroxylation sites is 1. The van der Waals surface area contributed by atoms with Crippen molar-refractivity contribution >= 4 is 10.0 Å². The maximum Gasteiger partial charge on any atom is 0.243 e. The van der Waals surface area contributed by atoms with Crippen LogP contribution in [0.4, 0.5) is 0 Å². The molecule has 0 aliphatic rings. The molecule has 0 fully saturated rings. The number of methoxy groups -OCH3 is 1. The molecule has 2 aromatic carbocycles. The van der Waals surface area contributed by atoms with Crippen molar-refractivity contribution in [2.45, 2.75) is 38.3 Å². The Morgan fingerprint density at radius 1 is 1.08 bits per heavy atom. The molecule has 0 bridgehead atoms. The van der Waals surface area contributed by atoms with Crippen molar-refractivity contribution in [3.05, 3.63) is 53.6 Å². The fourth-order valence-electron chi connectivity index (χ4n) is 2.51. The lowest BCUT2D eigenvalue weighted by atomic mass is 10.2. The van der Waals surface area contributed by atoms with Gasteiger partial charge in [0.25, 0.3) is 0 Å². The van der Waals surface area contributed by atoms with E-state index in [0.717, 1.165) is 11.1 Å².